The van der Waals surface area contributed by atoms with Crippen LogP contribution in [-0.4, -0.2) is 63.9 Å². The molecule has 0 atom stereocenters. The fourth-order valence-corrected chi connectivity index (χ4v) is 6.98. The summed E-state index contributed by atoms with van der Waals surface area (Å²) in [4.78, 5) is 90.1. The highest BCUT2D eigenvalue weighted by Crippen LogP contribution is 2.59. The number of nitro groups is 8. The van der Waals surface area contributed by atoms with Gasteiger partial charge in [0.2, 0.25) is 0 Å². The van der Waals surface area contributed by atoms with E-state index >= 15 is 0 Å². The first-order chi connectivity index (χ1) is 27.3. The second kappa shape index (κ2) is 15.5. The van der Waals surface area contributed by atoms with Gasteiger partial charge in [0.1, 0.15) is 0 Å². The topological polar surface area (TPSA) is 348 Å². The molecule has 0 saturated heterocycles. The number of nitrogens with zero attached hydrogens (tertiary/aromatic N) is 9. The van der Waals surface area contributed by atoms with E-state index in [2.05, 4.69) is 25.7 Å². The standard InChI is InChI=1S/C27H10N8O16.C6H15N/c36-28(37)10-1-16-14(17-2-11(29(38)39)6-21(33(46)47)25(17)24(16)20(5-10)32(44)45)9-15-18-3-12(30(40)41)7-22(34(48)49)26(18)27-19(15)4-13(31(42)43)8-23(27)35(50)51;1-4-7(5-2)6-3/h1-9,14H;4-6H2,1-3H3. The van der Waals surface area contributed by atoms with Gasteiger partial charge in [-0.05, 0) is 36.3 Å². The van der Waals surface area contributed by atoms with Gasteiger partial charge in [0, 0.05) is 41.3 Å². The molecule has 0 heterocycles. The number of nitro benzene ring substituents is 8. The minimum atomic E-state index is -1.71. The summed E-state index contributed by atoms with van der Waals surface area (Å²) in [5, 5.41) is 96.3. The maximum absolute atomic E-state index is 12.2. The van der Waals surface area contributed by atoms with E-state index in [1.165, 1.54) is 19.6 Å². The molecule has 0 radical (unpaired) electrons. The van der Waals surface area contributed by atoms with Crippen LogP contribution in [0.25, 0.3) is 27.8 Å². The lowest BCUT2D eigenvalue weighted by Gasteiger charge is -2.13. The average molecular weight is 804 g/mol. The first-order valence-electron chi connectivity index (χ1n) is 16.6. The fourth-order valence-electron chi connectivity index (χ4n) is 6.98. The molecule has 0 aromatic heterocycles. The summed E-state index contributed by atoms with van der Waals surface area (Å²) in [7, 11) is 0. The number of rotatable bonds is 12. The normalized spacial score (nSPS) is 12.0. The quantitative estimate of drug-likeness (QED) is 0.0868. The zero-order valence-corrected chi connectivity index (χ0v) is 30.0. The van der Waals surface area contributed by atoms with E-state index in [4.69, 9.17) is 0 Å². The van der Waals surface area contributed by atoms with Gasteiger partial charge in [-0.15, -0.1) is 0 Å². The molecule has 2 aliphatic carbocycles. The number of fused-ring (bicyclic) bond motifs is 6. The Hall–Kier alpha value is -8.22. The number of allylic oxidation sites excluding steroid dienone is 1. The average Bonchev–Trinajstić information content (AvgIpc) is 3.65. The Bertz CT molecular complexity index is 2420. The highest BCUT2D eigenvalue weighted by Gasteiger charge is 2.45. The van der Waals surface area contributed by atoms with Crippen molar-refractivity contribution in [3.63, 3.8) is 0 Å². The van der Waals surface area contributed by atoms with Gasteiger partial charge >= 0.3 is 0 Å². The van der Waals surface area contributed by atoms with Crippen molar-refractivity contribution in [2.45, 2.75) is 26.7 Å². The lowest BCUT2D eigenvalue weighted by Crippen LogP contribution is -2.21. The van der Waals surface area contributed by atoms with Crippen LogP contribution >= 0.6 is 0 Å². The molecule has 298 valence electrons. The van der Waals surface area contributed by atoms with E-state index in [0.29, 0.717) is 24.3 Å². The minimum absolute atomic E-state index is 0.433. The molecule has 0 bridgehead atoms. The van der Waals surface area contributed by atoms with E-state index < -0.39 is 141 Å². The molecule has 25 heteroatoms. The van der Waals surface area contributed by atoms with E-state index in [1.807, 2.05) is 0 Å². The molecule has 0 saturated carbocycles. The Labute approximate surface area is 321 Å². The van der Waals surface area contributed by atoms with Gasteiger partial charge in [-0.3, -0.25) is 80.9 Å². The molecule has 2 aliphatic rings. The van der Waals surface area contributed by atoms with Gasteiger partial charge in [-0.1, -0.05) is 26.8 Å². The third kappa shape index (κ3) is 7.05. The van der Waals surface area contributed by atoms with Crippen LogP contribution in [0.4, 0.5) is 45.5 Å². The molecule has 4 aromatic carbocycles. The number of benzene rings is 4. The van der Waals surface area contributed by atoms with Crippen LogP contribution in [0.15, 0.2) is 54.6 Å². The number of non-ortho nitro benzene ring substituents is 4. The van der Waals surface area contributed by atoms with Crippen molar-refractivity contribution in [3.05, 3.63) is 158 Å². The summed E-state index contributed by atoms with van der Waals surface area (Å²) >= 11 is 0. The Morgan fingerprint density at radius 3 is 0.948 bits per heavy atom. The molecular formula is C33H25N9O16. The summed E-state index contributed by atoms with van der Waals surface area (Å²) in [5.41, 5.74) is -12.6. The van der Waals surface area contributed by atoms with Crippen LogP contribution < -0.4 is 0 Å². The summed E-state index contributed by atoms with van der Waals surface area (Å²) in [6.07, 6.45) is 0.955. The van der Waals surface area contributed by atoms with E-state index in [-0.39, 0.29) is 0 Å². The maximum Gasteiger partial charge on any atom is 0.284 e. The third-order valence-electron chi connectivity index (χ3n) is 9.53. The Morgan fingerprint density at radius 1 is 0.431 bits per heavy atom. The predicted molar refractivity (Wildman–Crippen MR) is 199 cm³/mol. The molecule has 0 amide bonds. The molecular weight excluding hydrogens is 778 g/mol. The Morgan fingerprint density at radius 2 is 0.707 bits per heavy atom. The third-order valence-corrected chi connectivity index (χ3v) is 9.53. The van der Waals surface area contributed by atoms with Crippen LogP contribution in [0.3, 0.4) is 0 Å². The fraction of sp³-hybridized carbons (Fsp3) is 0.212. The Balaban J connectivity index is 0.000000839. The van der Waals surface area contributed by atoms with Crippen molar-refractivity contribution < 1.29 is 39.4 Å². The van der Waals surface area contributed by atoms with Gasteiger partial charge in [0.15, 0.2) is 0 Å². The largest absolute Gasteiger partial charge is 0.304 e. The second-order valence-corrected chi connectivity index (χ2v) is 12.4. The molecule has 0 fully saturated rings. The van der Waals surface area contributed by atoms with Crippen LogP contribution in [0.5, 0.6) is 0 Å². The molecule has 0 aliphatic heterocycles. The molecule has 4 aromatic rings. The zero-order chi connectivity index (χ0) is 43.1. The molecule has 58 heavy (non-hydrogen) atoms. The highest BCUT2D eigenvalue weighted by molar-refractivity contribution is 6.09. The summed E-state index contributed by atoms with van der Waals surface area (Å²) < 4.78 is 0. The van der Waals surface area contributed by atoms with Crippen molar-refractivity contribution in [2.75, 3.05) is 19.6 Å². The van der Waals surface area contributed by atoms with Crippen LogP contribution in [0.1, 0.15) is 48.9 Å². The molecule has 0 unspecified atom stereocenters. The van der Waals surface area contributed by atoms with Gasteiger partial charge in [-0.2, -0.15) is 0 Å². The van der Waals surface area contributed by atoms with E-state index in [0.717, 1.165) is 30.3 Å². The number of hydrogen-bond acceptors (Lipinski definition) is 17. The van der Waals surface area contributed by atoms with E-state index in [9.17, 15) is 80.9 Å². The second-order valence-electron chi connectivity index (χ2n) is 12.4. The first kappa shape index (κ1) is 41.0. The SMILES string of the molecule is CCN(CC)CC.O=[N+]([O-])c1cc2c(c([N+](=O)[O-])c1)-c1c(cc([N+](=O)[O-])cc1[N+](=O)[O-])C2=CC1c2cc([N+](=O)[O-])cc([N+](=O)[O-])c2-c2c1cc([N+](=O)[O-])cc2[N+](=O)[O-]. The maximum atomic E-state index is 12.2. The monoisotopic (exact) mass is 803 g/mol. The van der Waals surface area contributed by atoms with Gasteiger partial charge in [0.05, 0.1) is 85.9 Å². The van der Waals surface area contributed by atoms with Crippen molar-refractivity contribution in [2.24, 2.45) is 0 Å². The molecule has 0 N–H and O–H groups in total. The van der Waals surface area contributed by atoms with Crippen molar-refractivity contribution in [1.82, 2.24) is 4.90 Å². The van der Waals surface area contributed by atoms with Gasteiger partial charge < -0.3 is 4.90 Å². The lowest BCUT2D eigenvalue weighted by atomic mass is 9.90. The van der Waals surface area contributed by atoms with E-state index in [1.54, 1.807) is 0 Å². The highest BCUT2D eigenvalue weighted by atomic mass is 16.7. The summed E-state index contributed by atoms with van der Waals surface area (Å²) in [6.45, 7) is 10.1. The summed E-state index contributed by atoms with van der Waals surface area (Å²) in [6, 6.07) is 4.96. The van der Waals surface area contributed by atoms with Crippen LogP contribution in [-0.2, 0) is 0 Å². The van der Waals surface area contributed by atoms with Crippen molar-refractivity contribution in [1.29, 1.82) is 0 Å². The van der Waals surface area contributed by atoms with Crippen LogP contribution in [0.2, 0.25) is 0 Å². The predicted octanol–water partition coefficient (Wildman–Crippen LogP) is 7.52. The van der Waals surface area contributed by atoms with Gasteiger partial charge in [0.25, 0.3) is 45.5 Å². The lowest BCUT2D eigenvalue weighted by molar-refractivity contribution is -0.395. The molecule has 6 rings (SSSR count). The van der Waals surface area contributed by atoms with Crippen LogP contribution in [0, 0.1) is 80.9 Å². The number of hydrogen-bond donors (Lipinski definition) is 0. The zero-order valence-electron chi connectivity index (χ0n) is 30.0. The molecule has 0 spiro atoms. The van der Waals surface area contributed by atoms with Crippen molar-refractivity contribution >= 4 is 51.1 Å². The Kier molecular flexibility index (Phi) is 10.9. The van der Waals surface area contributed by atoms with Crippen molar-refractivity contribution in [3.8, 4) is 22.3 Å². The smallest absolute Gasteiger partial charge is 0.284 e. The van der Waals surface area contributed by atoms with Gasteiger partial charge in [-0.25, -0.2) is 0 Å². The minimum Gasteiger partial charge on any atom is -0.304 e. The molecule has 25 nitrogen and oxygen atoms in total. The summed E-state index contributed by atoms with van der Waals surface area (Å²) in [5.74, 6) is -1.71. The first-order valence-corrected chi connectivity index (χ1v) is 16.6.